The lowest BCUT2D eigenvalue weighted by atomic mass is 10.1. The zero-order chi connectivity index (χ0) is 15.2. The zero-order valence-electron chi connectivity index (χ0n) is 12.3. The molecule has 2 rings (SSSR count). The molecule has 4 nitrogen and oxygen atoms in total. The number of hydrogen-bond donors (Lipinski definition) is 1. The van der Waals surface area contributed by atoms with E-state index in [1.165, 1.54) is 12.1 Å². The van der Waals surface area contributed by atoms with E-state index in [9.17, 15) is 9.50 Å². The summed E-state index contributed by atoms with van der Waals surface area (Å²) in [6.07, 6.45) is 4.72. The van der Waals surface area contributed by atoms with Crippen LogP contribution in [0.15, 0.2) is 24.3 Å². The number of hydrogen-bond acceptors (Lipinski definition) is 3. The summed E-state index contributed by atoms with van der Waals surface area (Å²) >= 11 is 0. The molecule has 2 aromatic rings. The van der Waals surface area contributed by atoms with Gasteiger partial charge in [-0.25, -0.2) is 9.07 Å². The van der Waals surface area contributed by atoms with E-state index in [0.717, 1.165) is 24.2 Å². The Morgan fingerprint density at radius 1 is 1.24 bits per heavy atom. The van der Waals surface area contributed by atoms with Crippen LogP contribution in [0.2, 0.25) is 0 Å². The Hall–Kier alpha value is -2.01. The molecule has 0 aliphatic rings. The monoisotopic (exact) mass is 289 g/mol. The van der Waals surface area contributed by atoms with Crippen LogP contribution in [0.4, 0.5) is 4.39 Å². The van der Waals surface area contributed by atoms with Crippen LogP contribution in [-0.4, -0.2) is 20.1 Å². The molecule has 0 amide bonds. The van der Waals surface area contributed by atoms with Crippen LogP contribution in [0.3, 0.4) is 0 Å². The lowest BCUT2D eigenvalue weighted by molar-refractivity contribution is 0.276. The molecule has 112 valence electrons. The van der Waals surface area contributed by atoms with E-state index in [1.807, 2.05) is 12.2 Å². The third-order valence-electron chi connectivity index (χ3n) is 3.22. The van der Waals surface area contributed by atoms with Gasteiger partial charge in [0.1, 0.15) is 11.5 Å². The Balaban J connectivity index is 2.20. The number of aliphatic hydroxyl groups excluding tert-OH is 1. The van der Waals surface area contributed by atoms with Crippen molar-refractivity contribution < 1.29 is 9.50 Å². The summed E-state index contributed by atoms with van der Waals surface area (Å²) in [6, 6.07) is 6.24. The molecule has 0 aliphatic carbocycles. The normalized spacial score (nSPS) is 11.7. The topological polar surface area (TPSA) is 50.9 Å². The summed E-state index contributed by atoms with van der Waals surface area (Å²) in [5.41, 5.74) is 2.23. The van der Waals surface area contributed by atoms with Crippen LogP contribution in [0, 0.1) is 11.7 Å². The number of aryl methyl sites for hydroxylation is 1. The van der Waals surface area contributed by atoms with Gasteiger partial charge < -0.3 is 5.11 Å². The van der Waals surface area contributed by atoms with Gasteiger partial charge in [0, 0.05) is 6.54 Å². The van der Waals surface area contributed by atoms with Gasteiger partial charge in [0.05, 0.1) is 12.3 Å². The Morgan fingerprint density at radius 2 is 1.95 bits per heavy atom. The molecule has 0 fully saturated rings. The van der Waals surface area contributed by atoms with Gasteiger partial charge >= 0.3 is 0 Å². The van der Waals surface area contributed by atoms with Crippen LogP contribution in [0.25, 0.3) is 12.2 Å². The van der Waals surface area contributed by atoms with Gasteiger partial charge in [0.25, 0.3) is 0 Å². The highest BCUT2D eigenvalue weighted by atomic mass is 19.1. The van der Waals surface area contributed by atoms with Crippen molar-refractivity contribution in [2.24, 2.45) is 5.92 Å². The number of benzene rings is 1. The maximum absolute atomic E-state index is 12.9. The van der Waals surface area contributed by atoms with Crippen molar-refractivity contribution >= 4 is 12.2 Å². The minimum atomic E-state index is -0.258. The molecule has 0 bridgehead atoms. The summed E-state index contributed by atoms with van der Waals surface area (Å²) < 4.78 is 14.7. The minimum Gasteiger partial charge on any atom is -0.390 e. The molecule has 0 radical (unpaired) electrons. The van der Waals surface area contributed by atoms with E-state index in [-0.39, 0.29) is 12.4 Å². The average Bonchev–Trinajstić information content (AvgIpc) is 2.86. The molecule has 0 saturated heterocycles. The number of rotatable bonds is 6. The van der Waals surface area contributed by atoms with Crippen molar-refractivity contribution in [3.63, 3.8) is 0 Å². The fourth-order valence-corrected chi connectivity index (χ4v) is 1.95. The van der Waals surface area contributed by atoms with Gasteiger partial charge in [0.2, 0.25) is 0 Å². The van der Waals surface area contributed by atoms with Crippen LogP contribution in [0.5, 0.6) is 0 Å². The van der Waals surface area contributed by atoms with E-state index in [1.54, 1.807) is 16.8 Å². The zero-order valence-corrected chi connectivity index (χ0v) is 12.3. The summed E-state index contributed by atoms with van der Waals surface area (Å²) in [5, 5.41) is 17.4. The average molecular weight is 289 g/mol. The second-order valence-corrected chi connectivity index (χ2v) is 5.37. The number of aliphatic hydroxyl groups is 1. The molecule has 5 heteroatoms. The highest BCUT2D eigenvalue weighted by molar-refractivity contribution is 5.68. The van der Waals surface area contributed by atoms with Crippen molar-refractivity contribution in [2.75, 3.05) is 0 Å². The predicted molar refractivity (Wildman–Crippen MR) is 80.7 cm³/mol. The fraction of sp³-hybridized carbons (Fsp3) is 0.375. The van der Waals surface area contributed by atoms with Crippen molar-refractivity contribution in [1.82, 2.24) is 15.0 Å². The van der Waals surface area contributed by atoms with Crippen molar-refractivity contribution in [3.05, 3.63) is 47.0 Å². The lowest BCUT2D eigenvalue weighted by Gasteiger charge is -2.06. The smallest absolute Gasteiger partial charge is 0.123 e. The second-order valence-electron chi connectivity index (χ2n) is 5.37. The molecule has 1 aromatic carbocycles. The van der Waals surface area contributed by atoms with E-state index in [2.05, 4.69) is 24.2 Å². The molecule has 0 unspecified atom stereocenters. The van der Waals surface area contributed by atoms with E-state index >= 15 is 0 Å². The SMILES string of the molecule is CC(C)CCn1nnc(CO)c1/C=C/c1ccc(F)cc1. The lowest BCUT2D eigenvalue weighted by Crippen LogP contribution is -2.05. The molecule has 0 aliphatic heterocycles. The largest absolute Gasteiger partial charge is 0.390 e. The molecular weight excluding hydrogens is 269 g/mol. The molecule has 1 heterocycles. The van der Waals surface area contributed by atoms with Gasteiger partial charge in [-0.3, -0.25) is 0 Å². The van der Waals surface area contributed by atoms with Crippen LogP contribution in [-0.2, 0) is 13.2 Å². The molecule has 21 heavy (non-hydrogen) atoms. The minimum absolute atomic E-state index is 0.148. The van der Waals surface area contributed by atoms with Gasteiger partial charge in [-0.05, 0) is 36.1 Å². The quantitative estimate of drug-likeness (QED) is 0.889. The number of halogens is 1. The second kappa shape index (κ2) is 7.13. The Bertz CT molecular complexity index is 602. The molecule has 0 atom stereocenters. The summed E-state index contributed by atoms with van der Waals surface area (Å²) in [4.78, 5) is 0. The van der Waals surface area contributed by atoms with Gasteiger partial charge in [-0.2, -0.15) is 0 Å². The summed E-state index contributed by atoms with van der Waals surface area (Å²) in [5.74, 6) is 0.313. The van der Waals surface area contributed by atoms with Gasteiger partial charge in [0.15, 0.2) is 0 Å². The highest BCUT2D eigenvalue weighted by Gasteiger charge is 2.09. The summed E-state index contributed by atoms with van der Waals surface area (Å²) in [7, 11) is 0. The van der Waals surface area contributed by atoms with Crippen LogP contribution < -0.4 is 0 Å². The van der Waals surface area contributed by atoms with E-state index in [0.29, 0.717) is 11.6 Å². The standard InChI is InChI=1S/C16H20FN3O/c1-12(2)9-10-20-16(15(11-21)18-19-20)8-5-13-3-6-14(17)7-4-13/h3-8,12,21H,9-11H2,1-2H3/b8-5+. The first kappa shape index (κ1) is 15.4. The number of aromatic nitrogens is 3. The first-order chi connectivity index (χ1) is 10.1. The van der Waals surface area contributed by atoms with Crippen molar-refractivity contribution in [2.45, 2.75) is 33.4 Å². The summed E-state index contributed by atoms with van der Waals surface area (Å²) in [6.45, 7) is 4.91. The van der Waals surface area contributed by atoms with E-state index < -0.39 is 0 Å². The van der Waals surface area contributed by atoms with E-state index in [4.69, 9.17) is 0 Å². The van der Waals surface area contributed by atoms with Gasteiger partial charge in [-0.15, -0.1) is 5.10 Å². The predicted octanol–water partition coefficient (Wildman–Crippen LogP) is 3.13. The maximum atomic E-state index is 12.9. The highest BCUT2D eigenvalue weighted by Crippen LogP contribution is 2.14. The molecule has 0 saturated carbocycles. The Labute approximate surface area is 123 Å². The molecule has 1 N–H and O–H groups in total. The number of nitrogens with zero attached hydrogens (tertiary/aromatic N) is 3. The Kier molecular flexibility index (Phi) is 5.22. The fourth-order valence-electron chi connectivity index (χ4n) is 1.95. The first-order valence-corrected chi connectivity index (χ1v) is 7.07. The molecule has 0 spiro atoms. The third-order valence-corrected chi connectivity index (χ3v) is 3.22. The van der Waals surface area contributed by atoms with Crippen LogP contribution >= 0.6 is 0 Å². The van der Waals surface area contributed by atoms with Crippen LogP contribution in [0.1, 0.15) is 37.2 Å². The molecule has 1 aromatic heterocycles. The Morgan fingerprint density at radius 3 is 2.57 bits per heavy atom. The third kappa shape index (κ3) is 4.23. The van der Waals surface area contributed by atoms with Gasteiger partial charge in [-0.1, -0.05) is 37.3 Å². The van der Waals surface area contributed by atoms with Crippen molar-refractivity contribution in [3.8, 4) is 0 Å². The van der Waals surface area contributed by atoms with Crippen molar-refractivity contribution in [1.29, 1.82) is 0 Å². The molecular formula is C16H20FN3O. The first-order valence-electron chi connectivity index (χ1n) is 7.07. The maximum Gasteiger partial charge on any atom is 0.123 e.